The van der Waals surface area contributed by atoms with E-state index in [-0.39, 0.29) is 35.8 Å². The van der Waals surface area contributed by atoms with Crippen LogP contribution in [0.3, 0.4) is 0 Å². The van der Waals surface area contributed by atoms with Crippen molar-refractivity contribution < 1.29 is 133 Å². The van der Waals surface area contributed by atoms with Gasteiger partial charge in [0.1, 0.15) is 79.4 Å². The van der Waals surface area contributed by atoms with E-state index in [1.807, 2.05) is 27.7 Å². The third-order valence-corrected chi connectivity index (χ3v) is 23.6. The number of allylic oxidation sites excluding steroid dienone is 4. The molecule has 9 aliphatic rings. The molecule has 4 saturated heterocycles. The fourth-order valence-electron chi connectivity index (χ4n) is 17.9. The summed E-state index contributed by atoms with van der Waals surface area (Å²) >= 11 is 0. The minimum atomic E-state index is -2.13. The molecule has 4 saturated carbocycles. The summed E-state index contributed by atoms with van der Waals surface area (Å²) in [7, 11) is 0. The van der Waals surface area contributed by atoms with Gasteiger partial charge in [0.25, 0.3) is 0 Å². The fraction of sp³-hybridized carbons (Fsp3) is 0.846. The number of aliphatic hydroxyl groups excluding tert-OH is 11. The number of carboxylic acid groups (broad SMARTS) is 1. The molecule has 522 valence electrons. The number of aliphatic hydroxyl groups is 11. The van der Waals surface area contributed by atoms with Crippen molar-refractivity contribution in [2.45, 2.75) is 276 Å². The summed E-state index contributed by atoms with van der Waals surface area (Å²) in [4.78, 5) is 53.0. The predicted molar refractivity (Wildman–Crippen MR) is 316 cm³/mol. The Labute approximate surface area is 535 Å². The van der Waals surface area contributed by atoms with Crippen LogP contribution in [0.2, 0.25) is 0 Å². The van der Waals surface area contributed by atoms with Crippen LogP contribution in [-0.2, 0) is 71.3 Å². The number of carboxylic acids is 1. The van der Waals surface area contributed by atoms with E-state index in [1.165, 1.54) is 19.9 Å². The molecule has 30 atom stereocenters. The summed E-state index contributed by atoms with van der Waals surface area (Å²) in [5.41, 5.74) is -3.55. The molecule has 0 bridgehead atoms. The molecule has 0 aromatic carbocycles. The van der Waals surface area contributed by atoms with Gasteiger partial charge in [0.15, 0.2) is 43.5 Å². The number of fused-ring (bicyclic) bond motifs is 7. The van der Waals surface area contributed by atoms with Crippen molar-refractivity contribution in [2.24, 2.45) is 50.2 Å². The standard InChI is InChI=1S/C65H100O27/c1-14-27(3)54(80)87-46-29(5)82-58(45(77)48(46)88-55(81)28(4)15-2)92-51-52(83-30(6)69)65(26-68)32(22-60(51,7)8)31-16-17-36-62(11)20-19-38(61(9,10)35(62)18-21-63(36,12)64(31,13)23-37(65)70)86-59-50(91-57-43(75)41(73)39(71)33(24-66)84-57)47(44(76)49(90-59)53(78)79)89-56-42(74)40(72)34(25-67)85-56/h14-16,29,32-52,56-59,66-68,70-77H,17-26H2,1-13H3,(H,78,79)/b27-14-,28-15-/t29?,32?,33?,34?,35?,36?,37?,38-,39?,40?,41?,42?,43?,44?,45?,46?,47+,48+,49?,50?,51?,52?,56+,57?,58+,59-,62?,63?,64?,65?/m1/s1. The number of carbonyl (C=O) groups excluding carboxylic acids is 3. The van der Waals surface area contributed by atoms with Crippen LogP contribution in [-0.4, -0.2) is 246 Å². The van der Waals surface area contributed by atoms with Gasteiger partial charge in [0.05, 0.1) is 43.5 Å². The number of carbonyl (C=O) groups is 4. The highest BCUT2D eigenvalue weighted by Gasteiger charge is 2.74. The Morgan fingerprint density at radius 1 is 0.587 bits per heavy atom. The Bertz CT molecular complexity index is 2790. The van der Waals surface area contributed by atoms with Crippen LogP contribution < -0.4 is 0 Å². The smallest absolute Gasteiger partial charge is 0.335 e. The number of esters is 3. The second-order valence-corrected chi connectivity index (χ2v) is 29.3. The Kier molecular flexibility index (Phi) is 21.3. The number of rotatable bonds is 17. The van der Waals surface area contributed by atoms with Crippen LogP contribution in [0.4, 0.5) is 0 Å². The second-order valence-electron chi connectivity index (χ2n) is 29.3. The average molecular weight is 1310 g/mol. The molecule has 8 fully saturated rings. The van der Waals surface area contributed by atoms with Gasteiger partial charge in [0.2, 0.25) is 0 Å². The number of hydrogen-bond acceptors (Lipinski definition) is 26. The number of aliphatic carboxylic acids is 1. The van der Waals surface area contributed by atoms with E-state index in [4.69, 9.17) is 52.1 Å². The van der Waals surface area contributed by atoms with E-state index < -0.39 is 223 Å². The molecule has 5 aliphatic carbocycles. The largest absolute Gasteiger partial charge is 0.479 e. The van der Waals surface area contributed by atoms with Crippen molar-refractivity contribution in [3.05, 3.63) is 34.9 Å². The van der Waals surface area contributed by atoms with E-state index in [0.29, 0.717) is 32.1 Å². The first kappa shape index (κ1) is 72.6. The summed E-state index contributed by atoms with van der Waals surface area (Å²) in [6.45, 7) is 21.5. The molecule has 9 rings (SSSR count). The maximum Gasteiger partial charge on any atom is 0.335 e. The molecular formula is C65H100O27. The SMILES string of the molecule is C/C=C(/C)C(=O)OC1C(C)O[C@@H](OC2C(OC(C)=O)C3(CO)C(O)CC4(C)C(=CCC5C6(C)CC[C@@H](O[C@@H]7OC(C(=O)O)C(O)[C@H](O[C@@H]8OC(CO)C(O)C8O)C7OC7OC(CO)C(O)C(O)C7O)C(C)(C)C6CCC54C)C3CC2(C)C)C(O)[C@@H]1OC(=O)/C(C)=C\C. The van der Waals surface area contributed by atoms with Gasteiger partial charge in [-0.05, 0) is 124 Å². The minimum Gasteiger partial charge on any atom is -0.479 e. The predicted octanol–water partition coefficient (Wildman–Crippen LogP) is 0.715. The van der Waals surface area contributed by atoms with Gasteiger partial charge in [-0.1, -0.05) is 72.3 Å². The molecular weight excluding hydrogens is 1210 g/mol. The molecule has 4 heterocycles. The zero-order chi connectivity index (χ0) is 68.0. The first-order valence-electron chi connectivity index (χ1n) is 32.3. The van der Waals surface area contributed by atoms with Crippen molar-refractivity contribution in [3.8, 4) is 0 Å². The van der Waals surface area contributed by atoms with Crippen molar-refractivity contribution in [2.75, 3.05) is 19.8 Å². The molecule has 27 heteroatoms. The molecule has 0 spiro atoms. The number of ether oxygens (including phenoxy) is 11. The van der Waals surface area contributed by atoms with Gasteiger partial charge in [-0.25, -0.2) is 14.4 Å². The maximum absolute atomic E-state index is 13.5. The molecule has 0 amide bonds. The van der Waals surface area contributed by atoms with Crippen molar-refractivity contribution in [1.82, 2.24) is 0 Å². The molecule has 0 aromatic rings. The molecule has 4 aliphatic heterocycles. The van der Waals surface area contributed by atoms with Gasteiger partial charge in [-0.15, -0.1) is 0 Å². The van der Waals surface area contributed by atoms with Crippen molar-refractivity contribution in [1.29, 1.82) is 0 Å². The molecule has 0 aromatic heterocycles. The first-order valence-corrected chi connectivity index (χ1v) is 32.3. The topological polar surface area (TPSA) is 413 Å². The lowest BCUT2D eigenvalue weighted by molar-refractivity contribution is -0.386. The van der Waals surface area contributed by atoms with Gasteiger partial charge < -0.3 is 113 Å². The Balaban J connectivity index is 1.01. The summed E-state index contributed by atoms with van der Waals surface area (Å²) in [5.74, 6) is -4.65. The van der Waals surface area contributed by atoms with Gasteiger partial charge >= 0.3 is 23.9 Å². The highest BCUT2D eigenvalue weighted by atomic mass is 16.8. The Morgan fingerprint density at radius 3 is 1.70 bits per heavy atom. The maximum atomic E-state index is 13.5. The van der Waals surface area contributed by atoms with Crippen LogP contribution in [0, 0.1) is 50.2 Å². The normalized spacial score (nSPS) is 48.4. The van der Waals surface area contributed by atoms with Gasteiger partial charge in [0, 0.05) is 18.1 Å². The van der Waals surface area contributed by atoms with Crippen LogP contribution in [0.5, 0.6) is 0 Å². The lowest BCUT2D eigenvalue weighted by Crippen LogP contribution is -2.73. The Morgan fingerprint density at radius 2 is 1.14 bits per heavy atom. The first-order chi connectivity index (χ1) is 43.0. The molecule has 27 nitrogen and oxygen atoms in total. The van der Waals surface area contributed by atoms with Crippen molar-refractivity contribution in [3.63, 3.8) is 0 Å². The van der Waals surface area contributed by atoms with Crippen LogP contribution in [0.25, 0.3) is 0 Å². The van der Waals surface area contributed by atoms with Crippen molar-refractivity contribution >= 4 is 23.9 Å². The van der Waals surface area contributed by atoms with Crippen LogP contribution in [0.15, 0.2) is 34.9 Å². The molecule has 92 heavy (non-hydrogen) atoms. The minimum absolute atomic E-state index is 0.0439. The fourth-order valence-corrected chi connectivity index (χ4v) is 17.9. The monoisotopic (exact) mass is 1310 g/mol. The highest BCUT2D eigenvalue weighted by molar-refractivity contribution is 5.88. The second kappa shape index (κ2) is 27.0. The number of hydrogen-bond donors (Lipinski definition) is 12. The lowest BCUT2D eigenvalue weighted by Gasteiger charge is -2.72. The average Bonchev–Trinajstić information content (AvgIpc) is 0.715. The molecule has 12 N–H and O–H groups in total. The molecule has 0 radical (unpaired) electrons. The third kappa shape index (κ3) is 12.2. The lowest BCUT2D eigenvalue weighted by atomic mass is 9.33. The quantitative estimate of drug-likeness (QED) is 0.0314. The zero-order valence-electron chi connectivity index (χ0n) is 54.8. The van der Waals surface area contributed by atoms with Gasteiger partial charge in [-0.2, -0.15) is 0 Å². The highest BCUT2D eigenvalue weighted by Crippen LogP contribution is 2.76. The van der Waals surface area contributed by atoms with E-state index in [1.54, 1.807) is 33.8 Å². The third-order valence-electron chi connectivity index (χ3n) is 23.6. The van der Waals surface area contributed by atoms with E-state index in [9.17, 15) is 80.5 Å². The van der Waals surface area contributed by atoms with E-state index >= 15 is 0 Å². The summed E-state index contributed by atoms with van der Waals surface area (Å²) < 4.78 is 67.8. The van der Waals surface area contributed by atoms with E-state index in [0.717, 1.165) is 5.57 Å². The summed E-state index contributed by atoms with van der Waals surface area (Å²) in [5, 5.41) is 134. The van der Waals surface area contributed by atoms with Gasteiger partial charge in [-0.3, -0.25) is 4.79 Å². The van der Waals surface area contributed by atoms with E-state index in [2.05, 4.69) is 26.8 Å². The summed E-state index contributed by atoms with van der Waals surface area (Å²) in [6.07, 6.45) is -28.8. The van der Waals surface area contributed by atoms with Crippen LogP contribution >= 0.6 is 0 Å². The van der Waals surface area contributed by atoms with Crippen LogP contribution in [0.1, 0.15) is 135 Å². The zero-order valence-corrected chi connectivity index (χ0v) is 54.8. The summed E-state index contributed by atoms with van der Waals surface area (Å²) in [6, 6.07) is 0. The molecule has 24 unspecified atom stereocenters. The Hall–Kier alpha value is -3.66.